The Kier molecular flexibility index (Phi) is 5.36. The molecule has 1 heterocycles. The number of nitrogens with one attached hydrogen (secondary N) is 1. The topological polar surface area (TPSA) is 93.1 Å². The maximum absolute atomic E-state index is 11.8. The predicted octanol–water partition coefficient (Wildman–Crippen LogP) is -0.832. The van der Waals surface area contributed by atoms with E-state index in [4.69, 9.17) is 5.11 Å². The van der Waals surface area contributed by atoms with Gasteiger partial charge in [0.2, 0.25) is 0 Å². The molecule has 0 saturated carbocycles. The first-order valence-electron chi connectivity index (χ1n) is 6.14. The third-order valence-electron chi connectivity index (χ3n) is 3.13. The Hall–Kier alpha value is -1.34. The molecular weight excluding hydrogens is 238 g/mol. The summed E-state index contributed by atoms with van der Waals surface area (Å²) in [7, 11) is 0. The molecular formula is C11H21N3O4. The third-order valence-corrected chi connectivity index (χ3v) is 3.13. The molecule has 0 bridgehead atoms. The van der Waals surface area contributed by atoms with E-state index in [2.05, 4.69) is 17.1 Å². The number of rotatable bonds is 4. The molecule has 3 N–H and O–H groups in total. The normalized spacial score (nSPS) is 20.3. The maximum Gasteiger partial charge on any atom is 0.328 e. The zero-order valence-corrected chi connectivity index (χ0v) is 10.8. The summed E-state index contributed by atoms with van der Waals surface area (Å²) in [6, 6.07) is -1.69. The highest BCUT2D eigenvalue weighted by molar-refractivity contribution is 5.83. The van der Waals surface area contributed by atoms with Crippen molar-refractivity contribution in [1.29, 1.82) is 0 Å². The second kappa shape index (κ2) is 6.55. The Morgan fingerprint density at radius 3 is 2.22 bits per heavy atom. The van der Waals surface area contributed by atoms with Crippen molar-refractivity contribution >= 4 is 12.0 Å². The third kappa shape index (κ3) is 3.85. The lowest BCUT2D eigenvalue weighted by Gasteiger charge is -2.34. The lowest BCUT2D eigenvalue weighted by atomic mass is 10.2. The number of carbonyl (C=O) groups excluding carboxylic acids is 1. The van der Waals surface area contributed by atoms with Crippen molar-refractivity contribution in [3.63, 3.8) is 0 Å². The molecule has 0 aromatic rings. The van der Waals surface area contributed by atoms with Crippen molar-refractivity contribution in [2.75, 3.05) is 32.7 Å². The van der Waals surface area contributed by atoms with Crippen LogP contribution in [0.2, 0.25) is 0 Å². The highest BCUT2D eigenvalue weighted by Crippen LogP contribution is 2.03. The van der Waals surface area contributed by atoms with Gasteiger partial charge in [0.25, 0.3) is 0 Å². The molecule has 1 aliphatic rings. The van der Waals surface area contributed by atoms with Gasteiger partial charge in [-0.1, -0.05) is 6.92 Å². The van der Waals surface area contributed by atoms with Gasteiger partial charge in [-0.2, -0.15) is 0 Å². The summed E-state index contributed by atoms with van der Waals surface area (Å²) in [5.74, 6) is -1.23. The summed E-state index contributed by atoms with van der Waals surface area (Å²) < 4.78 is 0. The predicted molar refractivity (Wildman–Crippen MR) is 65.3 cm³/mol. The van der Waals surface area contributed by atoms with E-state index < -0.39 is 24.1 Å². The number of hydrogen-bond acceptors (Lipinski definition) is 4. The van der Waals surface area contributed by atoms with E-state index >= 15 is 0 Å². The minimum atomic E-state index is -1.26. The number of piperazine rings is 1. The molecule has 0 spiro atoms. The first kappa shape index (κ1) is 14.7. The molecule has 0 aliphatic carbocycles. The van der Waals surface area contributed by atoms with Crippen molar-refractivity contribution in [3.05, 3.63) is 0 Å². The molecule has 2 unspecified atom stereocenters. The monoisotopic (exact) mass is 259 g/mol. The number of urea groups is 1. The highest BCUT2D eigenvalue weighted by Gasteiger charge is 2.28. The van der Waals surface area contributed by atoms with Gasteiger partial charge in [0.15, 0.2) is 6.04 Å². The minimum Gasteiger partial charge on any atom is -0.480 e. The molecule has 1 fully saturated rings. The highest BCUT2D eigenvalue weighted by atomic mass is 16.4. The Balaban J connectivity index is 2.48. The molecule has 104 valence electrons. The van der Waals surface area contributed by atoms with E-state index in [-0.39, 0.29) is 0 Å². The second-order valence-corrected chi connectivity index (χ2v) is 4.43. The van der Waals surface area contributed by atoms with Crippen molar-refractivity contribution in [2.24, 2.45) is 0 Å². The van der Waals surface area contributed by atoms with Crippen LogP contribution in [0.5, 0.6) is 0 Å². The van der Waals surface area contributed by atoms with Crippen LogP contribution in [-0.4, -0.2) is 76.9 Å². The van der Waals surface area contributed by atoms with Crippen LogP contribution in [0, 0.1) is 0 Å². The number of carboxylic acids is 1. The lowest BCUT2D eigenvalue weighted by Crippen LogP contribution is -2.56. The van der Waals surface area contributed by atoms with Crippen LogP contribution in [-0.2, 0) is 4.79 Å². The number of hydrogen-bond donors (Lipinski definition) is 3. The number of aliphatic hydroxyl groups is 1. The van der Waals surface area contributed by atoms with Gasteiger partial charge in [0.05, 0.1) is 6.10 Å². The molecule has 0 radical (unpaired) electrons. The number of carboxylic acid groups (broad SMARTS) is 1. The van der Waals surface area contributed by atoms with Crippen LogP contribution in [0.15, 0.2) is 0 Å². The van der Waals surface area contributed by atoms with Crippen LogP contribution < -0.4 is 5.32 Å². The molecule has 2 amide bonds. The van der Waals surface area contributed by atoms with E-state index in [1.54, 1.807) is 4.90 Å². The number of aliphatic hydroxyl groups excluding tert-OH is 1. The average Bonchev–Trinajstić information content (AvgIpc) is 2.35. The Morgan fingerprint density at radius 2 is 1.83 bits per heavy atom. The number of carbonyl (C=O) groups is 2. The molecule has 7 heteroatoms. The van der Waals surface area contributed by atoms with E-state index in [1.165, 1.54) is 6.92 Å². The molecule has 2 atom stereocenters. The molecule has 1 aliphatic heterocycles. The fourth-order valence-corrected chi connectivity index (χ4v) is 1.88. The fraction of sp³-hybridized carbons (Fsp3) is 0.818. The van der Waals surface area contributed by atoms with Crippen LogP contribution in [0.3, 0.4) is 0 Å². The van der Waals surface area contributed by atoms with Crippen molar-refractivity contribution in [3.8, 4) is 0 Å². The molecule has 0 aromatic carbocycles. The van der Waals surface area contributed by atoms with Crippen LogP contribution >= 0.6 is 0 Å². The Morgan fingerprint density at radius 1 is 1.28 bits per heavy atom. The van der Waals surface area contributed by atoms with E-state index in [0.29, 0.717) is 13.1 Å². The largest absolute Gasteiger partial charge is 0.480 e. The van der Waals surface area contributed by atoms with Gasteiger partial charge in [-0.05, 0) is 13.5 Å². The zero-order valence-electron chi connectivity index (χ0n) is 10.8. The summed E-state index contributed by atoms with van der Waals surface area (Å²) in [6.45, 7) is 7.07. The van der Waals surface area contributed by atoms with Gasteiger partial charge in [-0.15, -0.1) is 0 Å². The second-order valence-electron chi connectivity index (χ2n) is 4.43. The van der Waals surface area contributed by atoms with Crippen molar-refractivity contribution < 1.29 is 19.8 Å². The first-order chi connectivity index (χ1) is 8.45. The van der Waals surface area contributed by atoms with Crippen molar-refractivity contribution in [1.82, 2.24) is 15.1 Å². The number of nitrogens with zero attached hydrogens (tertiary/aromatic N) is 2. The smallest absolute Gasteiger partial charge is 0.328 e. The molecule has 0 aromatic heterocycles. The first-order valence-corrected chi connectivity index (χ1v) is 6.14. The van der Waals surface area contributed by atoms with Gasteiger partial charge < -0.3 is 25.3 Å². The molecule has 1 saturated heterocycles. The van der Waals surface area contributed by atoms with Crippen LogP contribution in [0.25, 0.3) is 0 Å². The Bertz CT molecular complexity index is 301. The molecule has 7 nitrogen and oxygen atoms in total. The molecule has 18 heavy (non-hydrogen) atoms. The minimum absolute atomic E-state index is 0.431. The number of amides is 2. The standard InChI is InChI=1S/C11H21N3O4/c1-3-13-4-6-14(7-5-13)11(18)12-9(8(2)15)10(16)17/h8-9,15H,3-7H2,1-2H3,(H,12,18)(H,16,17). The lowest BCUT2D eigenvalue weighted by molar-refractivity contribution is -0.141. The number of likely N-dealkylation sites (N-methyl/N-ethyl adjacent to an activating group) is 1. The fourth-order valence-electron chi connectivity index (χ4n) is 1.88. The quantitative estimate of drug-likeness (QED) is 0.612. The molecule has 1 rings (SSSR count). The SMILES string of the molecule is CCN1CCN(C(=O)NC(C(=O)O)C(C)O)CC1. The van der Waals surface area contributed by atoms with Crippen LogP contribution in [0.1, 0.15) is 13.8 Å². The average molecular weight is 259 g/mol. The van der Waals surface area contributed by atoms with Crippen LogP contribution in [0.4, 0.5) is 4.79 Å². The summed E-state index contributed by atoms with van der Waals surface area (Å²) >= 11 is 0. The van der Waals surface area contributed by atoms with Gasteiger partial charge in [-0.25, -0.2) is 9.59 Å². The van der Waals surface area contributed by atoms with E-state index in [1.807, 2.05) is 0 Å². The van der Waals surface area contributed by atoms with E-state index in [9.17, 15) is 14.7 Å². The summed E-state index contributed by atoms with van der Waals surface area (Å²) in [5, 5.41) is 20.5. The van der Waals surface area contributed by atoms with Gasteiger partial charge in [-0.3, -0.25) is 0 Å². The number of aliphatic carboxylic acids is 1. The van der Waals surface area contributed by atoms with Gasteiger partial charge in [0.1, 0.15) is 0 Å². The van der Waals surface area contributed by atoms with Gasteiger partial charge in [0, 0.05) is 26.2 Å². The zero-order chi connectivity index (χ0) is 13.7. The summed E-state index contributed by atoms with van der Waals surface area (Å²) in [6.07, 6.45) is -1.12. The summed E-state index contributed by atoms with van der Waals surface area (Å²) in [5.41, 5.74) is 0. The maximum atomic E-state index is 11.8. The van der Waals surface area contributed by atoms with E-state index in [0.717, 1.165) is 19.6 Å². The van der Waals surface area contributed by atoms with Crippen molar-refractivity contribution in [2.45, 2.75) is 26.0 Å². The van der Waals surface area contributed by atoms with Gasteiger partial charge >= 0.3 is 12.0 Å². The summed E-state index contributed by atoms with van der Waals surface area (Å²) in [4.78, 5) is 26.5. The Labute approximate surface area is 106 Å².